The molecule has 1 aromatic heterocycles. The topological polar surface area (TPSA) is 59.6 Å². The molecule has 0 spiro atoms. The minimum Gasteiger partial charge on any atom is -0.382 e. The Bertz CT molecular complexity index is 374. The van der Waals surface area contributed by atoms with E-state index >= 15 is 0 Å². The maximum Gasteiger partial charge on any atom is 0.188 e. The van der Waals surface area contributed by atoms with E-state index in [2.05, 4.69) is 10.3 Å². The zero-order valence-corrected chi connectivity index (χ0v) is 14.9. The van der Waals surface area contributed by atoms with Crippen molar-refractivity contribution in [3.8, 4) is 0 Å². The minimum atomic E-state index is 0. The van der Waals surface area contributed by atoms with Crippen LogP contribution in [0.2, 0.25) is 4.34 Å². The zero-order valence-electron chi connectivity index (χ0n) is 11.0. The molecule has 0 radical (unpaired) electrons. The van der Waals surface area contributed by atoms with Crippen molar-refractivity contribution in [2.24, 2.45) is 10.7 Å². The lowest BCUT2D eigenvalue weighted by molar-refractivity contribution is 0.146. The summed E-state index contributed by atoms with van der Waals surface area (Å²) in [4.78, 5) is 5.46. The summed E-state index contributed by atoms with van der Waals surface area (Å²) in [6.45, 7) is 4.94. The van der Waals surface area contributed by atoms with Crippen molar-refractivity contribution in [1.29, 1.82) is 0 Å². The Balaban J connectivity index is 0.00000324. The summed E-state index contributed by atoms with van der Waals surface area (Å²) in [5, 5.41) is 3.08. The number of hydrogen-bond acceptors (Lipinski definition) is 3. The lowest BCUT2D eigenvalue weighted by atomic mass is 10.3. The first-order valence-electron chi connectivity index (χ1n) is 6.08. The highest BCUT2D eigenvalue weighted by atomic mass is 127. The third-order valence-corrected chi connectivity index (χ3v) is 3.53. The smallest absolute Gasteiger partial charge is 0.188 e. The van der Waals surface area contributed by atoms with Crippen LogP contribution in [0.3, 0.4) is 0 Å². The average molecular weight is 418 g/mol. The second-order valence-electron chi connectivity index (χ2n) is 3.70. The third kappa shape index (κ3) is 9.48. The first-order chi connectivity index (χ1) is 8.72. The van der Waals surface area contributed by atoms with Crippen LogP contribution in [0.15, 0.2) is 17.1 Å². The third-order valence-electron chi connectivity index (χ3n) is 2.24. The SMILES string of the molecule is CCOCCCN=C(N)NCCc1ccc(Cl)s1.I. The molecule has 0 aliphatic heterocycles. The van der Waals surface area contributed by atoms with Gasteiger partial charge in [0.2, 0.25) is 0 Å². The van der Waals surface area contributed by atoms with Gasteiger partial charge in [-0.25, -0.2) is 0 Å². The molecule has 0 fully saturated rings. The van der Waals surface area contributed by atoms with Gasteiger partial charge in [-0.2, -0.15) is 0 Å². The van der Waals surface area contributed by atoms with E-state index in [1.807, 2.05) is 19.1 Å². The van der Waals surface area contributed by atoms with Gasteiger partial charge in [0.05, 0.1) is 4.34 Å². The predicted molar refractivity (Wildman–Crippen MR) is 94.1 cm³/mol. The Morgan fingerprint density at radius 1 is 1.53 bits per heavy atom. The van der Waals surface area contributed by atoms with Gasteiger partial charge >= 0.3 is 0 Å². The number of nitrogens with zero attached hydrogens (tertiary/aromatic N) is 1. The molecule has 0 bridgehead atoms. The normalized spacial score (nSPS) is 11.2. The van der Waals surface area contributed by atoms with Crippen molar-refractivity contribution in [3.63, 3.8) is 0 Å². The molecule has 7 heteroatoms. The van der Waals surface area contributed by atoms with E-state index in [0.29, 0.717) is 12.5 Å². The molecule has 0 amide bonds. The lowest BCUT2D eigenvalue weighted by Gasteiger charge is -2.04. The lowest BCUT2D eigenvalue weighted by Crippen LogP contribution is -2.33. The van der Waals surface area contributed by atoms with Gasteiger partial charge in [-0.05, 0) is 31.9 Å². The highest BCUT2D eigenvalue weighted by Crippen LogP contribution is 2.21. The highest BCUT2D eigenvalue weighted by molar-refractivity contribution is 14.0. The minimum absolute atomic E-state index is 0. The number of halogens is 2. The fourth-order valence-electron chi connectivity index (χ4n) is 1.37. The van der Waals surface area contributed by atoms with Crippen LogP contribution in [0.1, 0.15) is 18.2 Å². The first kappa shape index (κ1) is 18.9. The molecule has 110 valence electrons. The maximum atomic E-state index is 5.85. The number of hydrogen-bond donors (Lipinski definition) is 2. The van der Waals surface area contributed by atoms with E-state index in [4.69, 9.17) is 22.1 Å². The van der Waals surface area contributed by atoms with Crippen LogP contribution < -0.4 is 11.1 Å². The summed E-state index contributed by atoms with van der Waals surface area (Å²) < 4.78 is 6.04. The van der Waals surface area contributed by atoms with Crippen molar-refractivity contribution in [2.45, 2.75) is 19.8 Å². The van der Waals surface area contributed by atoms with Crippen LogP contribution in [0.4, 0.5) is 0 Å². The second kappa shape index (κ2) is 11.7. The van der Waals surface area contributed by atoms with Crippen molar-refractivity contribution >= 4 is 52.9 Å². The van der Waals surface area contributed by atoms with Crippen LogP contribution >= 0.6 is 46.9 Å². The Hall–Kier alpha value is -0.0500. The number of nitrogens with two attached hydrogens (primary N) is 1. The quantitative estimate of drug-likeness (QED) is 0.296. The van der Waals surface area contributed by atoms with E-state index in [0.717, 1.165) is 36.9 Å². The number of rotatable bonds is 8. The zero-order chi connectivity index (χ0) is 13.2. The molecule has 1 aromatic rings. The standard InChI is InChI=1S/C12H20ClN3OS.HI/c1-2-17-9-3-7-15-12(14)16-8-6-10-4-5-11(13)18-10;/h4-5H,2-3,6-9H2,1H3,(H3,14,15,16);1H. The fraction of sp³-hybridized carbons (Fsp3) is 0.583. The molecule has 0 unspecified atom stereocenters. The summed E-state index contributed by atoms with van der Waals surface area (Å²) in [6, 6.07) is 3.94. The van der Waals surface area contributed by atoms with Crippen LogP contribution in [0.25, 0.3) is 0 Å². The Labute approximate surface area is 140 Å². The molecule has 3 N–H and O–H groups in total. The number of aliphatic imine (C=N–C) groups is 1. The van der Waals surface area contributed by atoms with E-state index < -0.39 is 0 Å². The molecule has 4 nitrogen and oxygen atoms in total. The molecular formula is C12H21ClIN3OS. The van der Waals surface area contributed by atoms with E-state index in [1.54, 1.807) is 11.3 Å². The van der Waals surface area contributed by atoms with Crippen LogP contribution in [0, 0.1) is 0 Å². The van der Waals surface area contributed by atoms with Crippen molar-refractivity contribution in [2.75, 3.05) is 26.3 Å². The number of thiophene rings is 1. The largest absolute Gasteiger partial charge is 0.382 e. The number of nitrogens with one attached hydrogen (secondary N) is 1. The first-order valence-corrected chi connectivity index (χ1v) is 7.27. The molecule has 0 aromatic carbocycles. The fourth-order valence-corrected chi connectivity index (χ4v) is 2.45. The second-order valence-corrected chi connectivity index (χ2v) is 5.50. The summed E-state index contributed by atoms with van der Waals surface area (Å²) in [7, 11) is 0. The van der Waals surface area contributed by atoms with E-state index in [-0.39, 0.29) is 24.0 Å². The summed E-state index contributed by atoms with van der Waals surface area (Å²) >= 11 is 7.44. The number of guanidine groups is 1. The molecule has 19 heavy (non-hydrogen) atoms. The van der Waals surface area contributed by atoms with Crippen molar-refractivity contribution in [3.05, 3.63) is 21.3 Å². The molecule has 1 rings (SSSR count). The monoisotopic (exact) mass is 417 g/mol. The van der Waals surface area contributed by atoms with Gasteiger partial charge in [0, 0.05) is 31.2 Å². The predicted octanol–water partition coefficient (Wildman–Crippen LogP) is 2.89. The molecule has 0 saturated carbocycles. The van der Waals surface area contributed by atoms with Gasteiger partial charge < -0.3 is 15.8 Å². The van der Waals surface area contributed by atoms with Gasteiger partial charge in [-0.1, -0.05) is 11.6 Å². The molecular weight excluding hydrogens is 397 g/mol. The molecule has 0 saturated heterocycles. The van der Waals surface area contributed by atoms with Crippen molar-refractivity contribution in [1.82, 2.24) is 5.32 Å². The highest BCUT2D eigenvalue weighted by Gasteiger charge is 1.98. The van der Waals surface area contributed by atoms with Gasteiger partial charge in [0.25, 0.3) is 0 Å². The molecule has 1 heterocycles. The van der Waals surface area contributed by atoms with Gasteiger partial charge in [-0.15, -0.1) is 35.3 Å². The van der Waals surface area contributed by atoms with Crippen LogP contribution in [0.5, 0.6) is 0 Å². The van der Waals surface area contributed by atoms with Crippen LogP contribution in [-0.4, -0.2) is 32.3 Å². The Morgan fingerprint density at radius 2 is 2.32 bits per heavy atom. The molecule has 0 aliphatic rings. The summed E-state index contributed by atoms with van der Waals surface area (Å²) in [6.07, 6.45) is 1.81. The summed E-state index contributed by atoms with van der Waals surface area (Å²) in [5.41, 5.74) is 5.73. The van der Waals surface area contributed by atoms with Crippen molar-refractivity contribution < 1.29 is 4.74 Å². The van der Waals surface area contributed by atoms with Gasteiger partial charge in [-0.3, -0.25) is 4.99 Å². The maximum absolute atomic E-state index is 5.85. The molecule has 0 aliphatic carbocycles. The van der Waals surface area contributed by atoms with Crippen LogP contribution in [-0.2, 0) is 11.2 Å². The number of ether oxygens (including phenoxy) is 1. The van der Waals surface area contributed by atoms with E-state index in [9.17, 15) is 0 Å². The Morgan fingerprint density at radius 3 is 2.95 bits per heavy atom. The van der Waals surface area contributed by atoms with Gasteiger partial charge in [0.15, 0.2) is 5.96 Å². The average Bonchev–Trinajstić information content (AvgIpc) is 2.75. The Kier molecular flexibility index (Phi) is 11.7. The van der Waals surface area contributed by atoms with Gasteiger partial charge in [0.1, 0.15) is 0 Å². The van der Waals surface area contributed by atoms with E-state index in [1.165, 1.54) is 4.88 Å². The molecule has 0 atom stereocenters. The summed E-state index contributed by atoms with van der Waals surface area (Å²) in [5.74, 6) is 0.495.